The van der Waals surface area contributed by atoms with Crippen LogP contribution in [0, 0.1) is 0 Å². The molecule has 0 heterocycles. The molecule has 0 aliphatic carbocycles. The average Bonchev–Trinajstić information content (AvgIpc) is 2.49. The van der Waals surface area contributed by atoms with Gasteiger partial charge in [0.05, 0.1) is 0 Å². The van der Waals surface area contributed by atoms with Crippen molar-refractivity contribution >= 4 is 75.2 Å². The maximum atomic E-state index is 10.3. The van der Waals surface area contributed by atoms with Crippen molar-refractivity contribution in [1.29, 1.82) is 0 Å². The molecular weight excluding hydrogens is 575 g/mol. The summed E-state index contributed by atoms with van der Waals surface area (Å²) in [4.78, 5) is 5.21. The van der Waals surface area contributed by atoms with Gasteiger partial charge in [0.1, 0.15) is 0 Å². The zero-order valence-electron chi connectivity index (χ0n) is 12.3. The standard InChI is InChI=1S/2C6H5BrO2S.2CH3.Sn/c2*7-5-1-3-6(4-2-5)10(8)9;;;/h2*1-4H,(H,8,9);2*1H3;/q;;;;+2/p-2. The van der Waals surface area contributed by atoms with Crippen LogP contribution in [0.1, 0.15) is 0 Å². The fraction of sp³-hybridized carbons (Fsp3) is 0.143. The number of hydrogen-bond donors (Lipinski definition) is 0. The Kier molecular flexibility index (Phi) is 13.9. The van der Waals surface area contributed by atoms with E-state index in [1.807, 2.05) is 0 Å². The normalized spacial score (nSPS) is 11.7. The van der Waals surface area contributed by atoms with Crippen LogP contribution in [-0.4, -0.2) is 38.7 Å². The van der Waals surface area contributed by atoms with Gasteiger partial charge in [0, 0.05) is 18.7 Å². The van der Waals surface area contributed by atoms with Crippen molar-refractivity contribution in [2.75, 3.05) is 0 Å². The second-order valence-electron chi connectivity index (χ2n) is 3.88. The Hall–Kier alpha value is 0.419. The van der Waals surface area contributed by atoms with E-state index in [1.54, 1.807) is 24.3 Å². The van der Waals surface area contributed by atoms with Crippen molar-refractivity contribution < 1.29 is 17.5 Å². The van der Waals surface area contributed by atoms with Gasteiger partial charge in [-0.25, -0.2) is 0 Å². The number of benzene rings is 2. The fourth-order valence-corrected chi connectivity index (χ4v) is 2.34. The van der Waals surface area contributed by atoms with E-state index < -0.39 is 22.2 Å². The van der Waals surface area contributed by atoms with E-state index in [1.165, 1.54) is 24.3 Å². The molecule has 9 heteroatoms. The molecule has 23 heavy (non-hydrogen) atoms. The monoisotopic (exact) mass is 588 g/mol. The van der Waals surface area contributed by atoms with Crippen molar-refractivity contribution in [3.8, 4) is 0 Å². The van der Waals surface area contributed by atoms with Crippen LogP contribution in [0.5, 0.6) is 0 Å². The molecule has 0 spiro atoms. The molecule has 124 valence electrons. The van der Waals surface area contributed by atoms with Crippen LogP contribution >= 0.6 is 31.9 Å². The van der Waals surface area contributed by atoms with Crippen molar-refractivity contribution in [2.24, 2.45) is 0 Å². The van der Waals surface area contributed by atoms with Gasteiger partial charge >= 0.3 is 31.0 Å². The molecule has 2 aromatic rings. The molecule has 2 atom stereocenters. The van der Waals surface area contributed by atoms with Gasteiger partial charge in [-0.2, -0.15) is 0 Å². The Labute approximate surface area is 168 Å². The number of rotatable bonds is 2. The van der Waals surface area contributed by atoms with Crippen LogP contribution in [-0.2, 0) is 22.2 Å². The van der Waals surface area contributed by atoms with E-state index in [0.717, 1.165) is 8.95 Å². The fourth-order valence-electron chi connectivity index (χ4n) is 1.09. The first kappa shape index (κ1) is 23.4. The Morgan fingerprint density at radius 2 is 0.957 bits per heavy atom. The molecular formula is C14H14Br2O4S2Sn. The molecule has 0 bridgehead atoms. The zero-order valence-corrected chi connectivity index (χ0v) is 20.0. The van der Waals surface area contributed by atoms with Crippen LogP contribution in [0.2, 0.25) is 9.88 Å². The van der Waals surface area contributed by atoms with Crippen LogP contribution in [0.25, 0.3) is 0 Å². The van der Waals surface area contributed by atoms with Crippen molar-refractivity contribution in [3.05, 3.63) is 57.5 Å². The molecule has 0 aliphatic rings. The second kappa shape index (κ2) is 13.7. The molecule has 2 rings (SSSR count). The predicted molar refractivity (Wildman–Crippen MR) is 100 cm³/mol. The van der Waals surface area contributed by atoms with Gasteiger partial charge in [-0.05, 0) is 70.7 Å². The maximum absolute atomic E-state index is 10.3. The third-order valence-electron chi connectivity index (χ3n) is 2.01. The van der Waals surface area contributed by atoms with E-state index in [0.29, 0.717) is 9.79 Å². The minimum absolute atomic E-state index is 0.230. The molecule has 0 aliphatic heterocycles. The van der Waals surface area contributed by atoms with Gasteiger partial charge in [-0.15, -0.1) is 0 Å². The molecule has 4 nitrogen and oxygen atoms in total. The first-order chi connectivity index (χ1) is 10.8. The molecule has 2 aromatic carbocycles. The van der Waals surface area contributed by atoms with E-state index >= 15 is 0 Å². The van der Waals surface area contributed by atoms with Gasteiger partial charge in [-0.1, -0.05) is 31.9 Å². The Morgan fingerprint density at radius 3 is 1.13 bits per heavy atom. The average molecular weight is 589 g/mol. The first-order valence-corrected chi connectivity index (χ1v) is 15.5. The van der Waals surface area contributed by atoms with E-state index in [-0.39, 0.29) is 21.1 Å². The summed E-state index contributed by atoms with van der Waals surface area (Å²) in [7, 11) is 0. The molecule has 0 N–H and O–H groups in total. The summed E-state index contributed by atoms with van der Waals surface area (Å²) in [6, 6.07) is 12.9. The summed E-state index contributed by atoms with van der Waals surface area (Å²) in [5.41, 5.74) is 0. The summed E-state index contributed by atoms with van der Waals surface area (Å²) < 4.78 is 42.9. The first-order valence-electron chi connectivity index (χ1n) is 6.10. The Morgan fingerprint density at radius 1 is 0.739 bits per heavy atom. The van der Waals surface area contributed by atoms with Crippen molar-refractivity contribution in [1.82, 2.24) is 0 Å². The van der Waals surface area contributed by atoms with E-state index in [2.05, 4.69) is 41.7 Å². The van der Waals surface area contributed by atoms with Crippen LogP contribution < -0.4 is 0 Å². The van der Waals surface area contributed by atoms with Crippen LogP contribution in [0.15, 0.2) is 67.3 Å². The minimum atomic E-state index is -2.11. The molecule has 0 saturated heterocycles. The zero-order chi connectivity index (χ0) is 17.8. The quantitative estimate of drug-likeness (QED) is 0.390. The van der Waals surface area contributed by atoms with Gasteiger partial charge in [0.15, 0.2) is 0 Å². The number of hydrogen-bond acceptors (Lipinski definition) is 4. The molecule has 0 aromatic heterocycles. The SMILES string of the molecule is O=S([O-])c1ccc(Br)cc1.O=S([O-])c1ccc(Br)cc1.[CH3][Sn+2][CH3]. The predicted octanol–water partition coefficient (Wildman–Crippen LogP) is 4.16. The summed E-state index contributed by atoms with van der Waals surface area (Å²) in [5.74, 6) is 0. The summed E-state index contributed by atoms with van der Waals surface area (Å²) >= 11 is 2.40. The third kappa shape index (κ3) is 11.6. The summed E-state index contributed by atoms with van der Waals surface area (Å²) in [6.07, 6.45) is 0. The Balaban J connectivity index is 0.000000360. The molecule has 0 fully saturated rings. The molecule has 0 amide bonds. The second-order valence-corrected chi connectivity index (χ2v) is 10.4. The van der Waals surface area contributed by atoms with Crippen molar-refractivity contribution in [2.45, 2.75) is 19.7 Å². The van der Waals surface area contributed by atoms with Crippen LogP contribution in [0.3, 0.4) is 0 Å². The Bertz CT molecular complexity index is 566. The topological polar surface area (TPSA) is 80.3 Å². The molecule has 0 radical (unpaired) electrons. The third-order valence-corrected chi connectivity index (χ3v) is 4.38. The summed E-state index contributed by atoms with van der Waals surface area (Å²) in [6.45, 7) is 0. The number of halogens is 2. The molecule has 2 unspecified atom stereocenters. The van der Waals surface area contributed by atoms with Gasteiger partial charge in [0.2, 0.25) is 0 Å². The summed E-state index contributed by atoms with van der Waals surface area (Å²) in [5, 5.41) is 0. The van der Waals surface area contributed by atoms with Crippen molar-refractivity contribution in [3.63, 3.8) is 0 Å². The molecule has 0 saturated carbocycles. The van der Waals surface area contributed by atoms with E-state index in [4.69, 9.17) is 0 Å². The van der Waals surface area contributed by atoms with Crippen LogP contribution in [0.4, 0.5) is 0 Å². The van der Waals surface area contributed by atoms with Gasteiger partial charge in [-0.3, -0.25) is 8.42 Å². The van der Waals surface area contributed by atoms with Gasteiger partial charge in [0.25, 0.3) is 0 Å². The van der Waals surface area contributed by atoms with Gasteiger partial charge < -0.3 is 9.11 Å². The van der Waals surface area contributed by atoms with E-state index in [9.17, 15) is 17.5 Å².